The van der Waals surface area contributed by atoms with Crippen LogP contribution in [0.3, 0.4) is 0 Å². The number of halogens is 2. The Hall–Kier alpha value is -3.07. The molecule has 0 heterocycles. The normalized spacial score (nSPS) is 11.5. The minimum absolute atomic E-state index is 0.00932. The second kappa shape index (κ2) is 11.8. The van der Waals surface area contributed by atoms with Crippen LogP contribution in [-0.4, -0.2) is 20.9 Å². The number of anilines is 1. The summed E-state index contributed by atoms with van der Waals surface area (Å²) in [7, 11) is -4.12. The fourth-order valence-corrected chi connectivity index (χ4v) is 5.14. The molecule has 10 heteroatoms. The van der Waals surface area contributed by atoms with Crippen molar-refractivity contribution in [2.75, 3.05) is 11.9 Å². The van der Waals surface area contributed by atoms with Gasteiger partial charge in [-0.15, -0.1) is 0 Å². The molecule has 0 radical (unpaired) electrons. The number of carbonyl (C=O) groups excluding carboxylic acids is 1. The second-order valence-electron chi connectivity index (χ2n) is 7.65. The molecule has 0 aromatic heterocycles. The zero-order valence-electron chi connectivity index (χ0n) is 19.6. The van der Waals surface area contributed by atoms with Crippen molar-refractivity contribution in [3.8, 4) is 17.6 Å². The number of carbonyl (C=O) groups is 1. The minimum Gasteiger partial charge on any atom is -0.490 e. The van der Waals surface area contributed by atoms with Gasteiger partial charge in [-0.05, 0) is 97.0 Å². The van der Waals surface area contributed by atoms with Gasteiger partial charge in [-0.25, -0.2) is 0 Å². The number of amides is 1. The molecule has 3 aromatic carbocycles. The molecule has 0 bridgehead atoms. The maximum atomic E-state index is 12.8. The first kappa shape index (κ1) is 27.5. The number of aryl methyl sites for hydroxylation is 1. The van der Waals surface area contributed by atoms with Gasteiger partial charge in [0.05, 0.1) is 10.2 Å². The van der Waals surface area contributed by atoms with E-state index in [1.807, 2.05) is 35.6 Å². The standard InChI is InChI=1S/C26H22ClIN2O5S/c1-4-34-24-14-18(12-19(15-29)26(31)30-23-7-5-6-21(27)17(23)3)13-22(28)25(24)35-36(32,33)20-10-8-16(2)9-11-20/h5-14H,4H2,1-3H3,(H,30,31)/b19-12+. The van der Waals surface area contributed by atoms with Crippen LogP contribution in [-0.2, 0) is 14.9 Å². The average Bonchev–Trinajstić information content (AvgIpc) is 2.83. The molecular weight excluding hydrogens is 615 g/mol. The lowest BCUT2D eigenvalue weighted by molar-refractivity contribution is -0.112. The molecule has 0 atom stereocenters. The summed E-state index contributed by atoms with van der Waals surface area (Å²) in [6.07, 6.45) is 1.39. The average molecular weight is 637 g/mol. The first-order chi connectivity index (χ1) is 17.1. The maximum Gasteiger partial charge on any atom is 0.339 e. The number of hydrogen-bond acceptors (Lipinski definition) is 6. The minimum atomic E-state index is -4.12. The highest BCUT2D eigenvalue weighted by molar-refractivity contribution is 14.1. The Morgan fingerprint density at radius 2 is 1.86 bits per heavy atom. The zero-order chi connectivity index (χ0) is 26.5. The molecule has 0 aliphatic rings. The van der Waals surface area contributed by atoms with Gasteiger partial charge in [-0.2, -0.15) is 13.7 Å². The highest BCUT2D eigenvalue weighted by atomic mass is 127. The maximum absolute atomic E-state index is 12.8. The first-order valence-corrected chi connectivity index (χ1v) is 13.6. The summed E-state index contributed by atoms with van der Waals surface area (Å²) in [5, 5.41) is 12.8. The molecule has 36 heavy (non-hydrogen) atoms. The Balaban J connectivity index is 1.95. The van der Waals surface area contributed by atoms with Crippen LogP contribution in [0.2, 0.25) is 5.02 Å². The van der Waals surface area contributed by atoms with Gasteiger partial charge in [-0.1, -0.05) is 35.4 Å². The van der Waals surface area contributed by atoms with Gasteiger partial charge in [0.25, 0.3) is 5.91 Å². The van der Waals surface area contributed by atoms with Crippen molar-refractivity contribution in [2.45, 2.75) is 25.7 Å². The third-order valence-electron chi connectivity index (χ3n) is 5.03. The molecule has 0 fully saturated rings. The molecule has 1 N–H and O–H groups in total. The Morgan fingerprint density at radius 1 is 1.17 bits per heavy atom. The van der Waals surface area contributed by atoms with Crippen LogP contribution in [0.5, 0.6) is 11.5 Å². The lowest BCUT2D eigenvalue weighted by Crippen LogP contribution is -2.14. The molecule has 0 saturated heterocycles. The van der Waals surface area contributed by atoms with Gasteiger partial charge in [0.1, 0.15) is 16.5 Å². The molecule has 0 saturated carbocycles. The van der Waals surface area contributed by atoms with E-state index in [1.165, 1.54) is 24.3 Å². The highest BCUT2D eigenvalue weighted by Crippen LogP contribution is 2.37. The lowest BCUT2D eigenvalue weighted by Gasteiger charge is -2.15. The summed E-state index contributed by atoms with van der Waals surface area (Å²) >= 11 is 8.03. The predicted octanol–water partition coefficient (Wildman–Crippen LogP) is 6.27. The van der Waals surface area contributed by atoms with E-state index in [0.717, 1.165) is 5.56 Å². The van der Waals surface area contributed by atoms with Crippen molar-refractivity contribution < 1.29 is 22.1 Å². The fraction of sp³-hybridized carbons (Fsp3) is 0.154. The number of ether oxygens (including phenoxy) is 1. The molecular formula is C26H22ClIN2O5S. The van der Waals surface area contributed by atoms with E-state index in [2.05, 4.69) is 5.32 Å². The van der Waals surface area contributed by atoms with Crippen molar-refractivity contribution >= 4 is 62.0 Å². The molecule has 3 aromatic rings. The van der Waals surface area contributed by atoms with Gasteiger partial charge >= 0.3 is 10.1 Å². The number of nitrogens with zero attached hydrogens (tertiary/aromatic N) is 1. The summed E-state index contributed by atoms with van der Waals surface area (Å²) in [5.41, 5.74) is 2.38. The van der Waals surface area contributed by atoms with Crippen LogP contribution >= 0.6 is 34.2 Å². The highest BCUT2D eigenvalue weighted by Gasteiger charge is 2.22. The number of nitrogens with one attached hydrogen (secondary N) is 1. The summed E-state index contributed by atoms with van der Waals surface area (Å²) in [4.78, 5) is 12.8. The number of rotatable bonds is 8. The second-order valence-corrected chi connectivity index (χ2v) is 10.8. The van der Waals surface area contributed by atoms with E-state index in [4.69, 9.17) is 20.5 Å². The Bertz CT molecular complexity index is 1480. The van der Waals surface area contributed by atoms with Gasteiger partial charge < -0.3 is 14.2 Å². The smallest absolute Gasteiger partial charge is 0.339 e. The third kappa shape index (κ3) is 6.57. The van der Waals surface area contributed by atoms with E-state index < -0.39 is 16.0 Å². The molecule has 7 nitrogen and oxygen atoms in total. The van der Waals surface area contributed by atoms with Crippen molar-refractivity contribution in [1.82, 2.24) is 0 Å². The van der Waals surface area contributed by atoms with Crippen LogP contribution in [0, 0.1) is 28.7 Å². The fourth-order valence-electron chi connectivity index (χ4n) is 3.13. The molecule has 0 spiro atoms. The van der Waals surface area contributed by atoms with Gasteiger partial charge in [0, 0.05) is 10.7 Å². The summed E-state index contributed by atoms with van der Waals surface area (Å²) in [6.45, 7) is 5.60. The number of hydrogen-bond donors (Lipinski definition) is 1. The first-order valence-electron chi connectivity index (χ1n) is 10.7. The molecule has 3 rings (SSSR count). The summed E-state index contributed by atoms with van der Waals surface area (Å²) in [6, 6.07) is 16.4. The van der Waals surface area contributed by atoms with Crippen molar-refractivity contribution in [3.05, 3.63) is 85.5 Å². The van der Waals surface area contributed by atoms with Gasteiger partial charge in [0.2, 0.25) is 0 Å². The Labute approximate surface area is 229 Å². The lowest BCUT2D eigenvalue weighted by atomic mass is 10.1. The van der Waals surface area contributed by atoms with Gasteiger partial charge in [-0.3, -0.25) is 4.79 Å². The Morgan fingerprint density at radius 3 is 2.50 bits per heavy atom. The quantitative estimate of drug-likeness (QED) is 0.135. The van der Waals surface area contributed by atoms with Crippen LogP contribution < -0.4 is 14.2 Å². The van der Waals surface area contributed by atoms with Crippen molar-refractivity contribution in [1.29, 1.82) is 5.26 Å². The monoisotopic (exact) mass is 636 g/mol. The van der Waals surface area contributed by atoms with Gasteiger partial charge in [0.15, 0.2) is 11.5 Å². The Kier molecular flexibility index (Phi) is 9.00. The topological polar surface area (TPSA) is 105 Å². The summed E-state index contributed by atoms with van der Waals surface area (Å²) in [5.74, 6) is -0.430. The molecule has 0 aliphatic heterocycles. The van der Waals surface area contributed by atoms with E-state index in [0.29, 0.717) is 25.4 Å². The summed E-state index contributed by atoms with van der Waals surface area (Å²) < 4.78 is 37.2. The molecule has 1 amide bonds. The SMILES string of the molecule is CCOc1cc(/C=C(\C#N)C(=O)Nc2cccc(Cl)c2C)cc(I)c1OS(=O)(=O)c1ccc(C)cc1. The van der Waals surface area contributed by atoms with Crippen LogP contribution in [0.25, 0.3) is 6.08 Å². The van der Waals surface area contributed by atoms with E-state index in [-0.39, 0.29) is 28.6 Å². The predicted molar refractivity (Wildman–Crippen MR) is 148 cm³/mol. The van der Waals surface area contributed by atoms with E-state index >= 15 is 0 Å². The van der Waals surface area contributed by atoms with Crippen molar-refractivity contribution in [3.63, 3.8) is 0 Å². The largest absolute Gasteiger partial charge is 0.490 e. The number of benzene rings is 3. The number of nitriles is 1. The van der Waals surface area contributed by atoms with Crippen LogP contribution in [0.4, 0.5) is 5.69 Å². The molecule has 186 valence electrons. The van der Waals surface area contributed by atoms with Crippen LogP contribution in [0.1, 0.15) is 23.6 Å². The third-order valence-corrected chi connectivity index (χ3v) is 7.47. The van der Waals surface area contributed by atoms with E-state index in [9.17, 15) is 18.5 Å². The van der Waals surface area contributed by atoms with E-state index in [1.54, 1.807) is 50.2 Å². The van der Waals surface area contributed by atoms with Crippen molar-refractivity contribution in [2.24, 2.45) is 0 Å². The molecule has 0 unspecified atom stereocenters. The molecule has 0 aliphatic carbocycles. The zero-order valence-corrected chi connectivity index (χ0v) is 23.4. The van der Waals surface area contributed by atoms with Crippen LogP contribution in [0.15, 0.2) is 65.1 Å².